The first kappa shape index (κ1) is 16.0. The Morgan fingerprint density at radius 2 is 1.95 bits per heavy atom. The maximum absolute atomic E-state index is 4.85. The van der Waals surface area contributed by atoms with Crippen molar-refractivity contribution < 1.29 is 0 Å². The fraction of sp³-hybridized carbons (Fsp3) is 0.611. The summed E-state index contributed by atoms with van der Waals surface area (Å²) >= 11 is 0. The van der Waals surface area contributed by atoms with E-state index in [1.54, 1.807) is 0 Å². The molecular weight excluding hydrogens is 258 g/mol. The molecule has 0 unspecified atom stereocenters. The monoisotopic (exact) mass is 287 g/mol. The van der Waals surface area contributed by atoms with Gasteiger partial charge in [-0.1, -0.05) is 11.6 Å². The summed E-state index contributed by atoms with van der Waals surface area (Å²) in [5.74, 6) is 1.16. The Hall–Kier alpha value is -1.35. The number of aryl methyl sites for hydroxylation is 2. The van der Waals surface area contributed by atoms with Crippen LogP contribution in [0.2, 0.25) is 0 Å². The second-order valence-electron chi connectivity index (χ2n) is 7.25. The summed E-state index contributed by atoms with van der Waals surface area (Å²) in [6.07, 6.45) is 3.46. The highest BCUT2D eigenvalue weighted by Gasteiger charge is 2.19. The smallest absolute Gasteiger partial charge is 0.133 e. The molecule has 0 radical (unpaired) electrons. The Balaban J connectivity index is 2.32. The van der Waals surface area contributed by atoms with Gasteiger partial charge in [0.2, 0.25) is 0 Å². The SMILES string of the molecule is CC1=CCCN(c2nc(C)cc(C)c2CNC(C)(C)C)C1. The molecular formula is C18H29N3. The van der Waals surface area contributed by atoms with E-state index in [4.69, 9.17) is 4.98 Å². The van der Waals surface area contributed by atoms with Crippen LogP contribution < -0.4 is 10.2 Å². The van der Waals surface area contributed by atoms with Gasteiger partial charge in [-0.25, -0.2) is 4.98 Å². The second-order valence-corrected chi connectivity index (χ2v) is 7.25. The van der Waals surface area contributed by atoms with Crippen LogP contribution in [0.3, 0.4) is 0 Å². The number of nitrogens with zero attached hydrogens (tertiary/aromatic N) is 2. The molecule has 0 bridgehead atoms. The van der Waals surface area contributed by atoms with Crippen LogP contribution in [-0.4, -0.2) is 23.6 Å². The maximum atomic E-state index is 4.85. The Bertz CT molecular complexity index is 538. The van der Waals surface area contributed by atoms with Crippen LogP contribution in [0.25, 0.3) is 0 Å². The summed E-state index contributed by atoms with van der Waals surface area (Å²) in [6.45, 7) is 16.0. The lowest BCUT2D eigenvalue weighted by molar-refractivity contribution is 0.423. The number of anilines is 1. The van der Waals surface area contributed by atoms with Crippen molar-refractivity contribution in [2.75, 3.05) is 18.0 Å². The highest BCUT2D eigenvalue weighted by Crippen LogP contribution is 2.26. The zero-order valence-corrected chi connectivity index (χ0v) is 14.4. The third kappa shape index (κ3) is 4.31. The lowest BCUT2D eigenvalue weighted by Gasteiger charge is -2.31. The van der Waals surface area contributed by atoms with Gasteiger partial charge in [0.15, 0.2) is 0 Å². The number of rotatable bonds is 3. The van der Waals surface area contributed by atoms with Crippen molar-refractivity contribution >= 4 is 5.82 Å². The number of pyridine rings is 1. The Labute approximate surface area is 129 Å². The molecule has 116 valence electrons. The predicted octanol–water partition coefficient (Wildman–Crippen LogP) is 3.74. The molecule has 1 aliphatic rings. The predicted molar refractivity (Wildman–Crippen MR) is 90.9 cm³/mol. The van der Waals surface area contributed by atoms with Crippen LogP contribution in [0.1, 0.15) is 50.9 Å². The lowest BCUT2D eigenvalue weighted by atomic mass is 10.0. The van der Waals surface area contributed by atoms with E-state index in [2.05, 4.69) is 63.9 Å². The third-order valence-corrected chi connectivity index (χ3v) is 3.88. The molecule has 21 heavy (non-hydrogen) atoms. The minimum Gasteiger partial charge on any atom is -0.352 e. The summed E-state index contributed by atoms with van der Waals surface area (Å²) in [5.41, 5.74) is 5.34. The topological polar surface area (TPSA) is 28.2 Å². The molecule has 0 saturated carbocycles. The van der Waals surface area contributed by atoms with Gasteiger partial charge in [0, 0.05) is 36.4 Å². The first-order valence-electron chi connectivity index (χ1n) is 7.89. The molecule has 1 aromatic heterocycles. The summed E-state index contributed by atoms with van der Waals surface area (Å²) in [4.78, 5) is 7.28. The van der Waals surface area contributed by atoms with Gasteiger partial charge in [-0.05, 0) is 59.6 Å². The van der Waals surface area contributed by atoms with Crippen molar-refractivity contribution in [1.29, 1.82) is 0 Å². The quantitative estimate of drug-likeness (QED) is 0.858. The first-order valence-corrected chi connectivity index (χ1v) is 7.89. The second kappa shape index (κ2) is 6.18. The minimum absolute atomic E-state index is 0.117. The van der Waals surface area contributed by atoms with Gasteiger partial charge in [0.1, 0.15) is 5.82 Å². The van der Waals surface area contributed by atoms with E-state index >= 15 is 0 Å². The van der Waals surface area contributed by atoms with Crippen LogP contribution in [-0.2, 0) is 6.54 Å². The molecule has 0 aliphatic carbocycles. The Kier molecular flexibility index (Phi) is 4.72. The van der Waals surface area contributed by atoms with E-state index < -0.39 is 0 Å². The largest absolute Gasteiger partial charge is 0.352 e. The van der Waals surface area contributed by atoms with Crippen LogP contribution in [0.5, 0.6) is 0 Å². The third-order valence-electron chi connectivity index (χ3n) is 3.88. The summed E-state index contributed by atoms with van der Waals surface area (Å²) in [5, 5.41) is 3.61. The van der Waals surface area contributed by atoms with Crippen LogP contribution in [0.4, 0.5) is 5.82 Å². The van der Waals surface area contributed by atoms with Crippen molar-refractivity contribution in [2.24, 2.45) is 0 Å². The zero-order chi connectivity index (χ0) is 15.6. The molecule has 3 nitrogen and oxygen atoms in total. The molecule has 1 N–H and O–H groups in total. The molecule has 2 rings (SSSR count). The molecule has 3 heteroatoms. The molecule has 1 aromatic rings. The van der Waals surface area contributed by atoms with Gasteiger partial charge in [-0.2, -0.15) is 0 Å². The summed E-state index contributed by atoms with van der Waals surface area (Å²) < 4.78 is 0. The van der Waals surface area contributed by atoms with Crippen LogP contribution in [0, 0.1) is 13.8 Å². The van der Waals surface area contributed by atoms with E-state index in [1.165, 1.54) is 16.7 Å². The molecule has 1 aliphatic heterocycles. The van der Waals surface area contributed by atoms with E-state index in [0.717, 1.165) is 37.6 Å². The average molecular weight is 287 g/mol. The fourth-order valence-corrected chi connectivity index (χ4v) is 2.77. The lowest BCUT2D eigenvalue weighted by Crippen LogP contribution is -2.37. The summed E-state index contributed by atoms with van der Waals surface area (Å²) in [7, 11) is 0. The van der Waals surface area contributed by atoms with Gasteiger partial charge < -0.3 is 10.2 Å². The van der Waals surface area contributed by atoms with Crippen molar-refractivity contribution in [3.63, 3.8) is 0 Å². The maximum Gasteiger partial charge on any atom is 0.133 e. The number of aromatic nitrogens is 1. The van der Waals surface area contributed by atoms with Gasteiger partial charge in [-0.3, -0.25) is 0 Å². The minimum atomic E-state index is 0.117. The van der Waals surface area contributed by atoms with Crippen molar-refractivity contribution in [2.45, 2.75) is 60.0 Å². The normalized spacial score (nSPS) is 16.1. The molecule has 0 spiro atoms. The number of hydrogen-bond acceptors (Lipinski definition) is 3. The van der Waals surface area contributed by atoms with Gasteiger partial charge in [-0.15, -0.1) is 0 Å². The fourth-order valence-electron chi connectivity index (χ4n) is 2.77. The first-order chi connectivity index (χ1) is 9.76. The highest BCUT2D eigenvalue weighted by molar-refractivity contribution is 5.53. The van der Waals surface area contributed by atoms with E-state index in [0.29, 0.717) is 0 Å². The van der Waals surface area contributed by atoms with Gasteiger partial charge in [0.05, 0.1) is 0 Å². The van der Waals surface area contributed by atoms with Crippen molar-refractivity contribution in [3.8, 4) is 0 Å². The van der Waals surface area contributed by atoms with E-state index in [9.17, 15) is 0 Å². The molecule has 0 atom stereocenters. The molecule has 0 amide bonds. The van der Waals surface area contributed by atoms with Crippen LogP contribution >= 0.6 is 0 Å². The van der Waals surface area contributed by atoms with E-state index in [-0.39, 0.29) is 5.54 Å². The Morgan fingerprint density at radius 1 is 1.24 bits per heavy atom. The molecule has 2 heterocycles. The number of hydrogen-bond donors (Lipinski definition) is 1. The Morgan fingerprint density at radius 3 is 2.57 bits per heavy atom. The van der Waals surface area contributed by atoms with Crippen molar-refractivity contribution in [3.05, 3.63) is 34.5 Å². The zero-order valence-electron chi connectivity index (χ0n) is 14.4. The summed E-state index contributed by atoms with van der Waals surface area (Å²) in [6, 6.07) is 2.19. The van der Waals surface area contributed by atoms with Gasteiger partial charge in [0.25, 0.3) is 0 Å². The average Bonchev–Trinajstić information content (AvgIpc) is 2.35. The number of nitrogens with one attached hydrogen (secondary N) is 1. The van der Waals surface area contributed by atoms with Gasteiger partial charge >= 0.3 is 0 Å². The highest BCUT2D eigenvalue weighted by atomic mass is 15.2. The molecule has 0 fully saturated rings. The van der Waals surface area contributed by atoms with Crippen LogP contribution in [0.15, 0.2) is 17.7 Å². The molecule has 0 saturated heterocycles. The van der Waals surface area contributed by atoms with E-state index in [1.807, 2.05) is 0 Å². The standard InChI is InChI=1S/C18H29N3/c1-13-8-7-9-21(12-13)17-16(11-19-18(4,5)6)14(2)10-15(3)20-17/h8,10,19H,7,9,11-12H2,1-6H3. The van der Waals surface area contributed by atoms with Crippen molar-refractivity contribution in [1.82, 2.24) is 10.3 Å². The molecule has 0 aromatic carbocycles.